The Kier molecular flexibility index (Phi) is 9.71. The van der Waals surface area contributed by atoms with E-state index in [9.17, 15) is 4.21 Å². The van der Waals surface area contributed by atoms with Gasteiger partial charge in [0.1, 0.15) is 23.9 Å². The summed E-state index contributed by atoms with van der Waals surface area (Å²) in [6, 6.07) is 29.9. The molecule has 2 aliphatic heterocycles. The van der Waals surface area contributed by atoms with Gasteiger partial charge in [0.15, 0.2) is 12.6 Å². The van der Waals surface area contributed by atoms with Gasteiger partial charge in [-0.3, -0.25) is 0 Å². The fraction of sp³-hybridized carbons (Fsp3) is 0.455. The first-order valence-electron chi connectivity index (χ1n) is 14.3. The summed E-state index contributed by atoms with van der Waals surface area (Å²) in [6.07, 6.45) is -2.33. The van der Waals surface area contributed by atoms with E-state index in [1.54, 1.807) is 0 Å². The summed E-state index contributed by atoms with van der Waals surface area (Å²) in [5.41, 5.74) is 1.98. The van der Waals surface area contributed by atoms with Crippen molar-refractivity contribution in [1.29, 1.82) is 0 Å². The molecule has 2 heterocycles. The van der Waals surface area contributed by atoms with Gasteiger partial charge < -0.3 is 23.7 Å². The van der Waals surface area contributed by atoms with E-state index >= 15 is 0 Å². The third-order valence-electron chi connectivity index (χ3n) is 7.60. The smallest absolute Gasteiger partial charge is 0.184 e. The molecule has 0 aliphatic carbocycles. The maximum atomic E-state index is 13.8. The van der Waals surface area contributed by atoms with E-state index in [0.717, 1.165) is 16.7 Å². The van der Waals surface area contributed by atoms with Crippen LogP contribution in [0.3, 0.4) is 0 Å². The molecular formula is C33H41NO6S. The molecule has 2 aliphatic rings. The number of ether oxygens (including phenoxy) is 5. The Labute approximate surface area is 246 Å². The molecule has 0 aromatic heterocycles. The Morgan fingerprint density at radius 2 is 1.41 bits per heavy atom. The van der Waals surface area contributed by atoms with Crippen LogP contribution < -0.4 is 4.72 Å². The second-order valence-corrected chi connectivity index (χ2v) is 13.5. The van der Waals surface area contributed by atoms with Gasteiger partial charge in [-0.25, -0.2) is 8.93 Å². The van der Waals surface area contributed by atoms with Crippen molar-refractivity contribution in [3.8, 4) is 0 Å². The molecule has 3 aromatic carbocycles. The van der Waals surface area contributed by atoms with Crippen molar-refractivity contribution in [3.05, 3.63) is 108 Å². The zero-order valence-electron chi connectivity index (χ0n) is 24.2. The van der Waals surface area contributed by atoms with Crippen molar-refractivity contribution in [3.63, 3.8) is 0 Å². The summed E-state index contributed by atoms with van der Waals surface area (Å²) >= 11 is 0. The van der Waals surface area contributed by atoms with Crippen LogP contribution in [0.2, 0.25) is 0 Å². The standard InChI is InChI=1S/C33H41NO6S/c1-5-33(34-41(35)32(2,3)4)29(36-21-24-15-9-6-10-16-24)28-27(23-37-30(40-28)26-19-13-8-14-20-26)39-31(33)38-22-25-17-11-7-12-18-25/h6-20,27-31,34H,5,21-23H2,1-4H3/t27-,28-,29+,30?,31+,33-,41?/m1/s1. The van der Waals surface area contributed by atoms with Crippen molar-refractivity contribution in [2.75, 3.05) is 6.61 Å². The van der Waals surface area contributed by atoms with E-state index in [-0.39, 0.29) is 0 Å². The van der Waals surface area contributed by atoms with E-state index in [1.165, 1.54) is 0 Å². The van der Waals surface area contributed by atoms with Gasteiger partial charge in [0.25, 0.3) is 0 Å². The predicted molar refractivity (Wildman–Crippen MR) is 159 cm³/mol. The summed E-state index contributed by atoms with van der Waals surface area (Å²) in [5.74, 6) is 0. The molecule has 5 rings (SSSR count). The number of rotatable bonds is 10. The average Bonchev–Trinajstić information content (AvgIpc) is 3.00. The topological polar surface area (TPSA) is 75.3 Å². The minimum absolute atomic E-state index is 0.308. The summed E-state index contributed by atoms with van der Waals surface area (Å²) in [5, 5.41) is 0. The zero-order chi connectivity index (χ0) is 28.9. The van der Waals surface area contributed by atoms with Crippen LogP contribution in [-0.4, -0.2) is 45.7 Å². The molecule has 2 unspecified atom stereocenters. The van der Waals surface area contributed by atoms with Crippen LogP contribution in [-0.2, 0) is 47.9 Å². The fourth-order valence-electron chi connectivity index (χ4n) is 5.23. The van der Waals surface area contributed by atoms with Crippen molar-refractivity contribution >= 4 is 11.0 Å². The molecule has 0 amide bonds. The Hall–Kier alpha value is -2.43. The van der Waals surface area contributed by atoms with Crippen molar-refractivity contribution in [1.82, 2.24) is 4.72 Å². The third-order valence-corrected chi connectivity index (χ3v) is 9.27. The summed E-state index contributed by atoms with van der Waals surface area (Å²) in [6.45, 7) is 8.87. The molecule has 2 saturated heterocycles. The van der Waals surface area contributed by atoms with E-state index in [0.29, 0.717) is 26.2 Å². The zero-order valence-corrected chi connectivity index (χ0v) is 25.0. The summed E-state index contributed by atoms with van der Waals surface area (Å²) in [7, 11) is -1.45. The van der Waals surface area contributed by atoms with Gasteiger partial charge >= 0.3 is 0 Å². The lowest BCUT2D eigenvalue weighted by atomic mass is 9.81. The number of fused-ring (bicyclic) bond motifs is 1. The van der Waals surface area contributed by atoms with Crippen LogP contribution in [0.4, 0.5) is 0 Å². The predicted octanol–water partition coefficient (Wildman–Crippen LogP) is 5.83. The van der Waals surface area contributed by atoms with Crippen molar-refractivity contribution < 1.29 is 27.9 Å². The first-order chi connectivity index (χ1) is 19.8. The SMILES string of the molecule is CC[C@]1(NS(=O)C(C)(C)C)[C@@H](OCc2ccccc2)O[C@@H]2COC(c3ccccc3)O[C@H]2[C@@H]1OCc1ccccc1. The molecule has 220 valence electrons. The molecule has 41 heavy (non-hydrogen) atoms. The van der Waals surface area contributed by atoms with E-state index < -0.39 is 52.2 Å². The highest BCUT2D eigenvalue weighted by atomic mass is 32.2. The maximum Gasteiger partial charge on any atom is 0.184 e. The number of benzene rings is 3. The van der Waals surface area contributed by atoms with Gasteiger partial charge in [-0.15, -0.1) is 0 Å². The molecule has 7 atom stereocenters. The lowest BCUT2D eigenvalue weighted by molar-refractivity contribution is -0.367. The quantitative estimate of drug-likeness (QED) is 0.326. The number of nitrogens with one attached hydrogen (secondary N) is 1. The molecule has 2 fully saturated rings. The molecular weight excluding hydrogens is 538 g/mol. The van der Waals surface area contributed by atoms with Crippen molar-refractivity contribution in [2.45, 2.75) is 88.5 Å². The molecule has 8 heteroatoms. The molecule has 0 saturated carbocycles. The first kappa shape index (κ1) is 30.0. The van der Waals surface area contributed by atoms with Crippen LogP contribution in [0.1, 0.15) is 57.1 Å². The van der Waals surface area contributed by atoms with Crippen LogP contribution >= 0.6 is 0 Å². The van der Waals surface area contributed by atoms with Crippen LogP contribution in [0.25, 0.3) is 0 Å². The second kappa shape index (κ2) is 13.3. The Morgan fingerprint density at radius 1 is 0.854 bits per heavy atom. The molecule has 3 aromatic rings. The van der Waals surface area contributed by atoms with Crippen LogP contribution in [0.15, 0.2) is 91.0 Å². The van der Waals surface area contributed by atoms with Gasteiger partial charge in [-0.05, 0) is 38.3 Å². The maximum absolute atomic E-state index is 13.8. The highest BCUT2D eigenvalue weighted by Gasteiger charge is 2.60. The van der Waals surface area contributed by atoms with Crippen LogP contribution in [0.5, 0.6) is 0 Å². The van der Waals surface area contributed by atoms with Gasteiger partial charge in [0.2, 0.25) is 0 Å². The minimum atomic E-state index is -1.45. The largest absolute Gasteiger partial charge is 0.369 e. The molecule has 0 radical (unpaired) electrons. The van der Waals surface area contributed by atoms with Crippen molar-refractivity contribution in [2.24, 2.45) is 0 Å². The summed E-state index contributed by atoms with van der Waals surface area (Å²) < 4.78 is 49.4. The second-order valence-electron chi connectivity index (χ2n) is 11.6. The minimum Gasteiger partial charge on any atom is -0.369 e. The molecule has 7 nitrogen and oxygen atoms in total. The normalized spacial score (nSPS) is 29.0. The fourth-order valence-corrected chi connectivity index (χ4v) is 6.24. The lowest BCUT2D eigenvalue weighted by Crippen LogP contribution is -2.75. The third kappa shape index (κ3) is 6.97. The van der Waals surface area contributed by atoms with Gasteiger partial charge in [0, 0.05) is 5.56 Å². The van der Waals surface area contributed by atoms with Gasteiger partial charge in [-0.2, -0.15) is 0 Å². The van der Waals surface area contributed by atoms with E-state index in [4.69, 9.17) is 23.7 Å². The average molecular weight is 580 g/mol. The summed E-state index contributed by atoms with van der Waals surface area (Å²) in [4.78, 5) is 0. The van der Waals surface area contributed by atoms with Gasteiger partial charge in [0.05, 0.1) is 35.6 Å². The Balaban J connectivity index is 1.52. The molecule has 0 bridgehead atoms. The monoisotopic (exact) mass is 579 g/mol. The molecule has 1 N–H and O–H groups in total. The van der Waals surface area contributed by atoms with E-state index in [2.05, 4.69) is 4.72 Å². The number of hydrogen-bond acceptors (Lipinski definition) is 6. The van der Waals surface area contributed by atoms with Crippen LogP contribution in [0, 0.1) is 0 Å². The van der Waals surface area contributed by atoms with E-state index in [1.807, 2.05) is 119 Å². The highest BCUT2D eigenvalue weighted by Crippen LogP contribution is 2.42. The Morgan fingerprint density at radius 3 is 1.98 bits per heavy atom. The lowest BCUT2D eigenvalue weighted by Gasteiger charge is -2.55. The Bertz CT molecular complexity index is 1250. The molecule has 0 spiro atoms. The van der Waals surface area contributed by atoms with Gasteiger partial charge in [-0.1, -0.05) is 97.9 Å². The first-order valence-corrected chi connectivity index (χ1v) is 15.4. The number of hydrogen-bond donors (Lipinski definition) is 1. The highest BCUT2D eigenvalue weighted by molar-refractivity contribution is 7.84.